The number of halogens is 3. The highest BCUT2D eigenvalue weighted by Crippen LogP contribution is 2.31. The van der Waals surface area contributed by atoms with Crippen molar-refractivity contribution in [1.82, 2.24) is 19.6 Å². The van der Waals surface area contributed by atoms with Crippen molar-refractivity contribution in [3.8, 4) is 10.8 Å². The molecule has 0 aliphatic carbocycles. The van der Waals surface area contributed by atoms with Crippen LogP contribution in [-0.4, -0.2) is 28.3 Å². The largest absolute Gasteiger partial charge is 0.768 e. The summed E-state index contributed by atoms with van der Waals surface area (Å²) < 4.78 is 48.6. The van der Waals surface area contributed by atoms with Crippen molar-refractivity contribution in [2.45, 2.75) is 11.3 Å². The zero-order valence-electron chi connectivity index (χ0n) is 9.87. The first kappa shape index (κ1) is 14.4. The van der Waals surface area contributed by atoms with Gasteiger partial charge in [-0.3, -0.25) is 8.61 Å². The van der Waals surface area contributed by atoms with Crippen molar-refractivity contribution >= 4 is 39.5 Å². The number of nitrogens with zero attached hydrogens (tertiary/aromatic N) is 4. The quantitative estimate of drug-likeness (QED) is 0.679. The second-order valence-electron chi connectivity index (χ2n) is 3.84. The smallest absolute Gasteiger partial charge is 0.291 e. The SMILES string of the molecule is O=S([O-])c1cc(Cl)c2cnc(-c3nnc(C(F)F)s3)n2c1. The Morgan fingerprint density at radius 3 is 2.81 bits per heavy atom. The molecule has 6 nitrogen and oxygen atoms in total. The van der Waals surface area contributed by atoms with Gasteiger partial charge in [-0.2, -0.15) is 0 Å². The molecule has 110 valence electrons. The molecule has 21 heavy (non-hydrogen) atoms. The fraction of sp³-hybridized carbons (Fsp3) is 0.100. The average Bonchev–Trinajstić information content (AvgIpc) is 3.04. The number of rotatable bonds is 3. The van der Waals surface area contributed by atoms with Gasteiger partial charge in [-0.1, -0.05) is 22.9 Å². The Balaban J connectivity index is 2.20. The van der Waals surface area contributed by atoms with E-state index in [1.54, 1.807) is 0 Å². The van der Waals surface area contributed by atoms with Gasteiger partial charge < -0.3 is 4.55 Å². The first-order chi connectivity index (χ1) is 9.97. The molecule has 1 unspecified atom stereocenters. The second kappa shape index (κ2) is 5.37. The van der Waals surface area contributed by atoms with Crippen molar-refractivity contribution in [1.29, 1.82) is 0 Å². The van der Waals surface area contributed by atoms with Crippen LogP contribution in [0.15, 0.2) is 23.4 Å². The van der Waals surface area contributed by atoms with E-state index >= 15 is 0 Å². The molecule has 3 aromatic rings. The number of fused-ring (bicyclic) bond motifs is 1. The highest BCUT2D eigenvalue weighted by Gasteiger charge is 2.18. The fourth-order valence-corrected chi connectivity index (χ4v) is 3.11. The molecule has 0 amide bonds. The van der Waals surface area contributed by atoms with E-state index < -0.39 is 22.5 Å². The minimum Gasteiger partial charge on any atom is -0.768 e. The number of imidazole rings is 1. The third kappa shape index (κ3) is 2.55. The zero-order chi connectivity index (χ0) is 15.1. The van der Waals surface area contributed by atoms with E-state index in [1.165, 1.54) is 22.9 Å². The van der Waals surface area contributed by atoms with Gasteiger partial charge in [-0.15, -0.1) is 10.2 Å². The molecule has 0 radical (unpaired) electrons. The Kier molecular flexibility index (Phi) is 3.69. The number of aromatic nitrogens is 4. The predicted molar refractivity (Wildman–Crippen MR) is 71.2 cm³/mol. The van der Waals surface area contributed by atoms with Crippen LogP contribution in [0.1, 0.15) is 11.4 Å². The Hall–Kier alpha value is -1.49. The number of hydrogen-bond acceptors (Lipinski definition) is 6. The first-order valence-corrected chi connectivity index (χ1v) is 7.62. The maximum absolute atomic E-state index is 12.5. The van der Waals surface area contributed by atoms with Crippen LogP contribution in [0.4, 0.5) is 8.78 Å². The van der Waals surface area contributed by atoms with Crippen LogP contribution in [0.2, 0.25) is 5.02 Å². The van der Waals surface area contributed by atoms with Gasteiger partial charge >= 0.3 is 0 Å². The van der Waals surface area contributed by atoms with Crippen molar-refractivity contribution in [3.63, 3.8) is 0 Å². The molecule has 3 rings (SSSR count). The van der Waals surface area contributed by atoms with Crippen LogP contribution in [0.5, 0.6) is 0 Å². The zero-order valence-corrected chi connectivity index (χ0v) is 12.3. The molecular formula is C10H4ClF2N4O2S2-. The maximum Gasteiger partial charge on any atom is 0.291 e. The summed E-state index contributed by atoms with van der Waals surface area (Å²) >= 11 is 4.18. The first-order valence-electron chi connectivity index (χ1n) is 5.35. The van der Waals surface area contributed by atoms with Gasteiger partial charge in [0.15, 0.2) is 15.8 Å². The van der Waals surface area contributed by atoms with Gasteiger partial charge in [0, 0.05) is 11.1 Å². The maximum atomic E-state index is 12.5. The monoisotopic (exact) mass is 349 g/mol. The minimum absolute atomic E-state index is 0.0506. The molecule has 0 N–H and O–H groups in total. The highest BCUT2D eigenvalue weighted by molar-refractivity contribution is 7.79. The van der Waals surface area contributed by atoms with Crippen molar-refractivity contribution in [2.75, 3.05) is 0 Å². The van der Waals surface area contributed by atoms with E-state index in [4.69, 9.17) is 11.6 Å². The minimum atomic E-state index is -2.73. The Morgan fingerprint density at radius 1 is 1.43 bits per heavy atom. The van der Waals surface area contributed by atoms with E-state index in [-0.39, 0.29) is 20.8 Å². The lowest BCUT2D eigenvalue weighted by Crippen LogP contribution is -1.95. The summed E-state index contributed by atoms with van der Waals surface area (Å²) in [6.45, 7) is 0. The summed E-state index contributed by atoms with van der Waals surface area (Å²) in [6.07, 6.45) is -0.0369. The molecule has 0 saturated carbocycles. The Morgan fingerprint density at radius 2 is 2.19 bits per heavy atom. The van der Waals surface area contributed by atoms with Gasteiger partial charge in [0.2, 0.25) is 0 Å². The van der Waals surface area contributed by atoms with Crippen LogP contribution in [-0.2, 0) is 11.1 Å². The van der Waals surface area contributed by atoms with Gasteiger partial charge in [-0.05, 0) is 17.1 Å². The molecule has 0 fully saturated rings. The molecule has 0 aromatic carbocycles. The van der Waals surface area contributed by atoms with Gasteiger partial charge in [0.25, 0.3) is 6.43 Å². The molecule has 3 aromatic heterocycles. The summed E-state index contributed by atoms with van der Waals surface area (Å²) in [7, 11) is 0. The van der Waals surface area contributed by atoms with Crippen molar-refractivity contribution in [3.05, 3.63) is 28.5 Å². The standard InChI is InChI=1S/C10H5ClF2N4O2S2/c11-5-1-4(21(18)19)3-17-6(5)2-14-8(17)10-16-15-9(20-10)7(12)13/h1-3,7H,(H,18,19)/p-1. The normalized spacial score (nSPS) is 13.2. The highest BCUT2D eigenvalue weighted by atomic mass is 35.5. The van der Waals surface area contributed by atoms with E-state index in [9.17, 15) is 17.5 Å². The third-order valence-electron chi connectivity index (χ3n) is 2.58. The summed E-state index contributed by atoms with van der Waals surface area (Å²) in [4.78, 5) is 3.99. The summed E-state index contributed by atoms with van der Waals surface area (Å²) in [5.41, 5.74) is 0.440. The van der Waals surface area contributed by atoms with E-state index in [0.717, 1.165) is 0 Å². The van der Waals surface area contributed by atoms with E-state index in [1.807, 2.05) is 0 Å². The summed E-state index contributed by atoms with van der Waals surface area (Å²) in [5, 5.41) is 6.90. The molecule has 0 saturated heterocycles. The molecule has 0 aliphatic heterocycles. The van der Waals surface area contributed by atoms with Crippen LogP contribution in [0, 0.1) is 0 Å². The van der Waals surface area contributed by atoms with Crippen LogP contribution >= 0.6 is 22.9 Å². The Labute approximate surface area is 127 Å². The summed E-state index contributed by atoms with van der Waals surface area (Å²) in [5.74, 6) is 0.198. The lowest BCUT2D eigenvalue weighted by Gasteiger charge is -2.07. The van der Waals surface area contributed by atoms with Gasteiger partial charge in [0.1, 0.15) is 0 Å². The number of hydrogen-bond donors (Lipinski definition) is 0. The fourth-order valence-electron chi connectivity index (χ4n) is 1.69. The van der Waals surface area contributed by atoms with Crippen LogP contribution < -0.4 is 0 Å². The topological polar surface area (TPSA) is 83.2 Å². The molecule has 0 aliphatic rings. The molecule has 3 heterocycles. The molecule has 11 heteroatoms. The third-order valence-corrected chi connectivity index (χ3v) is 4.42. The van der Waals surface area contributed by atoms with Crippen molar-refractivity contribution in [2.24, 2.45) is 0 Å². The van der Waals surface area contributed by atoms with Gasteiger partial charge in [0.05, 0.1) is 16.7 Å². The lowest BCUT2D eigenvalue weighted by molar-refractivity contribution is 0.150. The molecular weight excluding hydrogens is 346 g/mol. The summed E-state index contributed by atoms with van der Waals surface area (Å²) in [6, 6.07) is 1.27. The second-order valence-corrected chi connectivity index (χ2v) is 6.20. The molecule has 1 atom stereocenters. The van der Waals surface area contributed by atoms with Crippen molar-refractivity contribution < 1.29 is 17.5 Å². The lowest BCUT2D eigenvalue weighted by atomic mass is 10.4. The van der Waals surface area contributed by atoms with Gasteiger partial charge in [-0.25, -0.2) is 13.8 Å². The van der Waals surface area contributed by atoms with E-state index in [0.29, 0.717) is 16.9 Å². The predicted octanol–water partition coefficient (Wildman–Crippen LogP) is 2.68. The number of alkyl halides is 2. The number of pyridine rings is 1. The molecule has 0 bridgehead atoms. The van der Waals surface area contributed by atoms with Crippen LogP contribution in [0.3, 0.4) is 0 Å². The van der Waals surface area contributed by atoms with Crippen LogP contribution in [0.25, 0.3) is 16.3 Å². The molecule has 0 spiro atoms. The van der Waals surface area contributed by atoms with E-state index in [2.05, 4.69) is 15.2 Å². The Bertz CT molecular complexity index is 851. The average molecular weight is 350 g/mol.